The molecule has 1 aliphatic rings. The number of aliphatic imine (C=N–C) groups is 1. The summed E-state index contributed by atoms with van der Waals surface area (Å²) in [5.74, 6) is 1.63. The average molecular weight is 236 g/mol. The number of amidine groups is 1. The Kier molecular flexibility index (Phi) is 3.14. The Labute approximate surface area is 100 Å². The second-order valence-electron chi connectivity index (χ2n) is 4.61. The Bertz CT molecular complexity index is 383. The van der Waals surface area contributed by atoms with Crippen molar-refractivity contribution in [2.75, 3.05) is 12.3 Å². The first-order valence-corrected chi connectivity index (χ1v) is 6.32. The molecule has 0 bridgehead atoms. The second-order valence-corrected chi connectivity index (χ2v) is 5.68. The maximum Gasteiger partial charge on any atom is 0.251 e. The van der Waals surface area contributed by atoms with Gasteiger partial charge in [-0.15, -0.1) is 0 Å². The monoisotopic (exact) mass is 236 g/mol. The molecule has 1 saturated heterocycles. The maximum absolute atomic E-state index is 4.49. The first kappa shape index (κ1) is 11.4. The molecule has 0 atom stereocenters. The van der Waals surface area contributed by atoms with E-state index in [0.29, 0.717) is 5.95 Å². The first-order chi connectivity index (χ1) is 7.57. The zero-order valence-electron chi connectivity index (χ0n) is 9.84. The van der Waals surface area contributed by atoms with Gasteiger partial charge in [0.1, 0.15) is 0 Å². The molecule has 1 fully saturated rings. The molecule has 0 saturated carbocycles. The quantitative estimate of drug-likeness (QED) is 0.750. The van der Waals surface area contributed by atoms with Gasteiger partial charge < -0.3 is 4.90 Å². The Hall–Kier alpha value is -1.10. The maximum atomic E-state index is 4.49. The number of thioether (sulfide) groups is 1. The summed E-state index contributed by atoms with van der Waals surface area (Å²) in [6, 6.07) is 1.80. The largest absolute Gasteiger partial charge is 0.345 e. The number of rotatable bonds is 1. The lowest BCUT2D eigenvalue weighted by Gasteiger charge is -2.32. The van der Waals surface area contributed by atoms with Crippen molar-refractivity contribution in [3.8, 4) is 0 Å². The van der Waals surface area contributed by atoms with Crippen LogP contribution in [0, 0.1) is 0 Å². The first-order valence-electron chi connectivity index (χ1n) is 5.33. The molecule has 4 nitrogen and oxygen atoms in total. The van der Waals surface area contributed by atoms with Crippen molar-refractivity contribution in [3.05, 3.63) is 18.5 Å². The van der Waals surface area contributed by atoms with Crippen LogP contribution in [-0.2, 0) is 0 Å². The van der Waals surface area contributed by atoms with Gasteiger partial charge in [-0.05, 0) is 26.8 Å². The van der Waals surface area contributed by atoms with Gasteiger partial charge in [0.15, 0.2) is 5.17 Å². The fraction of sp³-hybridized carbons (Fsp3) is 0.545. The summed E-state index contributed by atoms with van der Waals surface area (Å²) in [6.07, 6.45) is 3.43. The molecule has 1 aromatic heterocycles. The van der Waals surface area contributed by atoms with Crippen molar-refractivity contribution in [3.63, 3.8) is 0 Å². The molecule has 5 heteroatoms. The summed E-state index contributed by atoms with van der Waals surface area (Å²) in [4.78, 5) is 15.0. The van der Waals surface area contributed by atoms with Crippen molar-refractivity contribution in [2.24, 2.45) is 4.99 Å². The fourth-order valence-electron chi connectivity index (χ4n) is 1.55. The molecule has 0 aliphatic carbocycles. The highest BCUT2D eigenvalue weighted by molar-refractivity contribution is 8.14. The van der Waals surface area contributed by atoms with Crippen molar-refractivity contribution in [2.45, 2.75) is 26.3 Å². The van der Waals surface area contributed by atoms with Gasteiger partial charge in [-0.25, -0.2) is 9.97 Å². The minimum Gasteiger partial charge on any atom is -0.345 e. The SMILES string of the molecule is CC(C)(C)N1CCS/C1=N\c1ncccn1. The van der Waals surface area contributed by atoms with Crippen molar-refractivity contribution in [1.29, 1.82) is 0 Å². The number of hydrogen-bond acceptors (Lipinski definition) is 4. The Morgan fingerprint density at radius 2 is 2.00 bits per heavy atom. The fourth-order valence-corrected chi connectivity index (χ4v) is 2.67. The minimum absolute atomic E-state index is 0.108. The normalized spacial score (nSPS) is 19.4. The van der Waals surface area contributed by atoms with Crippen LogP contribution in [0.5, 0.6) is 0 Å². The molecule has 0 radical (unpaired) electrons. The Morgan fingerprint density at radius 1 is 1.31 bits per heavy atom. The van der Waals surface area contributed by atoms with E-state index in [1.807, 2.05) is 0 Å². The van der Waals surface area contributed by atoms with Crippen LogP contribution in [0.2, 0.25) is 0 Å². The van der Waals surface area contributed by atoms with E-state index in [1.165, 1.54) is 0 Å². The van der Waals surface area contributed by atoms with Crippen LogP contribution < -0.4 is 0 Å². The van der Waals surface area contributed by atoms with Crippen LogP contribution in [0.4, 0.5) is 5.95 Å². The third kappa shape index (κ3) is 2.52. The predicted molar refractivity (Wildman–Crippen MR) is 68.0 cm³/mol. The van der Waals surface area contributed by atoms with Crippen LogP contribution in [0.3, 0.4) is 0 Å². The van der Waals surface area contributed by atoms with E-state index >= 15 is 0 Å². The van der Waals surface area contributed by atoms with E-state index in [4.69, 9.17) is 0 Å². The van der Waals surface area contributed by atoms with Crippen LogP contribution >= 0.6 is 11.8 Å². The summed E-state index contributed by atoms with van der Waals surface area (Å²) < 4.78 is 0. The van der Waals surface area contributed by atoms with Crippen molar-refractivity contribution in [1.82, 2.24) is 14.9 Å². The van der Waals surface area contributed by atoms with Gasteiger partial charge in [0.2, 0.25) is 0 Å². The van der Waals surface area contributed by atoms with E-state index < -0.39 is 0 Å². The lowest BCUT2D eigenvalue weighted by atomic mass is 10.1. The Morgan fingerprint density at radius 3 is 2.62 bits per heavy atom. The van der Waals surface area contributed by atoms with Gasteiger partial charge in [0, 0.05) is 30.2 Å². The lowest BCUT2D eigenvalue weighted by Crippen LogP contribution is -2.41. The van der Waals surface area contributed by atoms with Gasteiger partial charge in [-0.3, -0.25) is 0 Å². The van der Waals surface area contributed by atoms with Crippen LogP contribution in [0.15, 0.2) is 23.5 Å². The topological polar surface area (TPSA) is 41.4 Å². The second kappa shape index (κ2) is 4.41. The van der Waals surface area contributed by atoms with E-state index in [-0.39, 0.29) is 5.54 Å². The molecule has 1 aromatic rings. The lowest BCUT2D eigenvalue weighted by molar-refractivity contribution is 0.260. The summed E-state index contributed by atoms with van der Waals surface area (Å²) in [5, 5.41) is 1.03. The minimum atomic E-state index is 0.108. The summed E-state index contributed by atoms with van der Waals surface area (Å²) in [7, 11) is 0. The molecule has 16 heavy (non-hydrogen) atoms. The summed E-state index contributed by atoms with van der Waals surface area (Å²) >= 11 is 1.77. The van der Waals surface area contributed by atoms with Crippen LogP contribution in [0.1, 0.15) is 20.8 Å². The smallest absolute Gasteiger partial charge is 0.251 e. The zero-order valence-corrected chi connectivity index (χ0v) is 10.7. The number of hydrogen-bond donors (Lipinski definition) is 0. The molecule has 86 valence electrons. The van der Waals surface area contributed by atoms with Gasteiger partial charge in [-0.2, -0.15) is 4.99 Å². The standard InChI is InChI=1S/C11H16N4S/c1-11(2,3)15-7-8-16-10(15)14-9-12-5-4-6-13-9/h4-6H,7-8H2,1-3H3/b14-10-. The van der Waals surface area contributed by atoms with Crippen molar-refractivity contribution >= 4 is 22.9 Å². The third-order valence-corrected chi connectivity index (χ3v) is 3.29. The Balaban J connectivity index is 2.24. The molecule has 0 N–H and O–H groups in total. The van der Waals surface area contributed by atoms with E-state index in [1.54, 1.807) is 30.2 Å². The van der Waals surface area contributed by atoms with Crippen LogP contribution in [-0.4, -0.2) is 37.9 Å². The highest BCUT2D eigenvalue weighted by Crippen LogP contribution is 2.27. The number of nitrogens with zero attached hydrogens (tertiary/aromatic N) is 4. The van der Waals surface area contributed by atoms with E-state index in [2.05, 4.69) is 40.6 Å². The number of aromatic nitrogens is 2. The molecule has 0 amide bonds. The van der Waals surface area contributed by atoms with E-state index in [9.17, 15) is 0 Å². The zero-order chi connectivity index (χ0) is 11.6. The molecule has 0 aromatic carbocycles. The van der Waals surface area contributed by atoms with Gasteiger partial charge in [-0.1, -0.05) is 11.8 Å². The molecule has 0 unspecified atom stereocenters. The molecule has 2 rings (SSSR count). The third-order valence-electron chi connectivity index (χ3n) is 2.33. The van der Waals surface area contributed by atoms with Crippen LogP contribution in [0.25, 0.3) is 0 Å². The predicted octanol–water partition coefficient (Wildman–Crippen LogP) is 2.31. The average Bonchev–Trinajstić information content (AvgIpc) is 2.67. The molecular formula is C11H16N4S. The highest BCUT2D eigenvalue weighted by Gasteiger charge is 2.29. The molecular weight excluding hydrogens is 220 g/mol. The summed E-state index contributed by atoms with van der Waals surface area (Å²) in [5.41, 5.74) is 0.108. The highest BCUT2D eigenvalue weighted by atomic mass is 32.2. The summed E-state index contributed by atoms with van der Waals surface area (Å²) in [6.45, 7) is 7.63. The molecule has 2 heterocycles. The van der Waals surface area contributed by atoms with Gasteiger partial charge in [0.25, 0.3) is 5.95 Å². The van der Waals surface area contributed by atoms with Gasteiger partial charge >= 0.3 is 0 Å². The van der Waals surface area contributed by atoms with Gasteiger partial charge in [0.05, 0.1) is 0 Å². The van der Waals surface area contributed by atoms with E-state index in [0.717, 1.165) is 17.5 Å². The molecule has 0 spiro atoms. The molecule has 1 aliphatic heterocycles. The van der Waals surface area contributed by atoms with Crippen molar-refractivity contribution < 1.29 is 0 Å².